The molecule has 0 saturated heterocycles. The first-order chi connectivity index (χ1) is 28.5. The highest BCUT2D eigenvalue weighted by molar-refractivity contribution is 5.71. The maximum absolute atomic E-state index is 12.7. The highest BCUT2D eigenvalue weighted by Crippen LogP contribution is 2.16. The first-order valence-corrected chi connectivity index (χ1v) is 25.0. The van der Waals surface area contributed by atoms with Crippen LogP contribution in [-0.2, 0) is 28.6 Å². The van der Waals surface area contributed by atoms with Gasteiger partial charge in [-0.3, -0.25) is 14.4 Å². The quantitative estimate of drug-likeness (QED) is 0.0264. The van der Waals surface area contributed by atoms with Gasteiger partial charge in [0.2, 0.25) is 0 Å². The number of carbonyl (C=O) groups is 3. The van der Waals surface area contributed by atoms with Crippen molar-refractivity contribution in [2.45, 2.75) is 264 Å². The lowest BCUT2D eigenvalue weighted by Gasteiger charge is -2.18. The Morgan fingerprint density at radius 3 is 1.03 bits per heavy atom. The molecule has 1 unspecified atom stereocenters. The zero-order chi connectivity index (χ0) is 42.3. The third kappa shape index (κ3) is 44.7. The molecule has 338 valence electrons. The van der Waals surface area contributed by atoms with E-state index in [1.807, 2.05) is 0 Å². The fraction of sp³-hybridized carbons (Fsp3) is 0.827. The van der Waals surface area contributed by atoms with E-state index >= 15 is 0 Å². The Morgan fingerprint density at radius 1 is 0.362 bits per heavy atom. The monoisotopic (exact) mass is 815 g/mol. The largest absolute Gasteiger partial charge is 0.462 e. The number of carbonyl (C=O) groups excluding carboxylic acids is 3. The van der Waals surface area contributed by atoms with Gasteiger partial charge in [0.25, 0.3) is 0 Å². The lowest BCUT2D eigenvalue weighted by atomic mass is 10.0. The molecule has 0 aromatic rings. The number of hydrogen-bond donors (Lipinski definition) is 0. The highest BCUT2D eigenvalue weighted by Gasteiger charge is 2.19. The highest BCUT2D eigenvalue weighted by atomic mass is 16.6. The number of ether oxygens (including phenoxy) is 3. The molecular weight excluding hydrogens is 721 g/mol. The van der Waals surface area contributed by atoms with Crippen LogP contribution in [0.5, 0.6) is 0 Å². The normalized spacial score (nSPS) is 12.3. The molecule has 1 atom stereocenters. The number of rotatable bonds is 45. The van der Waals surface area contributed by atoms with Gasteiger partial charge in [0.15, 0.2) is 6.10 Å². The summed E-state index contributed by atoms with van der Waals surface area (Å²) in [5.41, 5.74) is 0. The standard InChI is InChI=1S/C52H94O6/c1-4-7-10-13-16-19-21-23-24-25-26-27-29-30-33-36-39-42-45-51(54)57-48-49(47-56-50(53)44-41-38-35-32-18-15-12-9-6-3)58-52(55)46-43-40-37-34-31-28-22-20-17-14-11-8-5-2/h8,11,14,17,20,22,49H,4-7,9-10,12-13,15-16,18-19,21,23-48H2,1-3H3/b11-8-,17-14-,22-20-. The summed E-state index contributed by atoms with van der Waals surface area (Å²) in [5, 5.41) is 0. The second-order valence-corrected chi connectivity index (χ2v) is 16.8. The van der Waals surface area contributed by atoms with Gasteiger partial charge in [0, 0.05) is 19.3 Å². The summed E-state index contributed by atoms with van der Waals surface area (Å²) >= 11 is 0. The van der Waals surface area contributed by atoms with Crippen molar-refractivity contribution in [3.05, 3.63) is 36.5 Å². The smallest absolute Gasteiger partial charge is 0.306 e. The van der Waals surface area contributed by atoms with Crippen molar-refractivity contribution in [3.63, 3.8) is 0 Å². The first kappa shape index (κ1) is 55.6. The molecule has 0 N–H and O–H groups in total. The van der Waals surface area contributed by atoms with Crippen LogP contribution < -0.4 is 0 Å². The summed E-state index contributed by atoms with van der Waals surface area (Å²) < 4.78 is 16.7. The van der Waals surface area contributed by atoms with Crippen LogP contribution in [-0.4, -0.2) is 37.2 Å². The molecule has 6 heteroatoms. The summed E-state index contributed by atoms with van der Waals surface area (Å²) in [5.74, 6) is -0.891. The zero-order valence-electron chi connectivity index (χ0n) is 38.6. The second-order valence-electron chi connectivity index (χ2n) is 16.8. The maximum Gasteiger partial charge on any atom is 0.306 e. The number of hydrogen-bond acceptors (Lipinski definition) is 6. The molecule has 0 rings (SSSR count). The van der Waals surface area contributed by atoms with E-state index in [1.54, 1.807) is 0 Å². The summed E-state index contributed by atoms with van der Waals surface area (Å²) in [6, 6.07) is 0. The molecule has 0 radical (unpaired) electrons. The van der Waals surface area contributed by atoms with Crippen LogP contribution in [0, 0.1) is 0 Å². The van der Waals surface area contributed by atoms with Crippen LogP contribution in [0.4, 0.5) is 0 Å². The van der Waals surface area contributed by atoms with Gasteiger partial charge in [-0.05, 0) is 38.5 Å². The molecule has 0 aliphatic carbocycles. The van der Waals surface area contributed by atoms with Gasteiger partial charge in [0.05, 0.1) is 0 Å². The molecule has 58 heavy (non-hydrogen) atoms. The van der Waals surface area contributed by atoms with E-state index in [4.69, 9.17) is 14.2 Å². The third-order valence-corrected chi connectivity index (χ3v) is 11.0. The minimum atomic E-state index is -0.776. The van der Waals surface area contributed by atoms with Crippen molar-refractivity contribution >= 4 is 17.9 Å². The van der Waals surface area contributed by atoms with Crippen LogP contribution in [0.25, 0.3) is 0 Å². The number of allylic oxidation sites excluding steroid dienone is 6. The third-order valence-electron chi connectivity index (χ3n) is 11.0. The summed E-state index contributed by atoms with van der Waals surface area (Å²) in [4.78, 5) is 37.8. The summed E-state index contributed by atoms with van der Waals surface area (Å²) in [6.45, 7) is 6.49. The van der Waals surface area contributed by atoms with Crippen molar-refractivity contribution in [2.24, 2.45) is 0 Å². The molecule has 0 bridgehead atoms. The maximum atomic E-state index is 12.7. The molecule has 0 heterocycles. The lowest BCUT2D eigenvalue weighted by Crippen LogP contribution is -2.30. The van der Waals surface area contributed by atoms with E-state index in [0.717, 1.165) is 83.5 Å². The van der Waals surface area contributed by atoms with Crippen LogP contribution in [0.3, 0.4) is 0 Å². The Bertz CT molecular complexity index is 984. The Morgan fingerprint density at radius 2 is 0.672 bits per heavy atom. The number of unbranched alkanes of at least 4 members (excludes halogenated alkanes) is 30. The van der Waals surface area contributed by atoms with Crippen LogP contribution >= 0.6 is 0 Å². The van der Waals surface area contributed by atoms with E-state index in [2.05, 4.69) is 57.2 Å². The summed E-state index contributed by atoms with van der Waals surface area (Å²) in [6.07, 6.45) is 54.2. The second kappa shape index (κ2) is 47.3. The van der Waals surface area contributed by atoms with E-state index in [0.29, 0.717) is 19.3 Å². The molecule has 0 aliphatic rings. The molecule has 0 saturated carbocycles. The van der Waals surface area contributed by atoms with Crippen molar-refractivity contribution in [1.82, 2.24) is 0 Å². The van der Waals surface area contributed by atoms with E-state index in [-0.39, 0.29) is 31.1 Å². The SMILES string of the molecule is CC\C=C/C=C\C=C/CCCCCCCC(=O)OC(COC(=O)CCCCCCCCCCC)COC(=O)CCCCCCCCCCCCCCCCCCCC. The zero-order valence-corrected chi connectivity index (χ0v) is 38.6. The van der Waals surface area contributed by atoms with Gasteiger partial charge in [-0.15, -0.1) is 0 Å². The average molecular weight is 815 g/mol. The topological polar surface area (TPSA) is 78.9 Å². The van der Waals surface area contributed by atoms with E-state index in [1.165, 1.54) is 135 Å². The first-order valence-electron chi connectivity index (χ1n) is 25.0. The van der Waals surface area contributed by atoms with Crippen molar-refractivity contribution in [2.75, 3.05) is 13.2 Å². The van der Waals surface area contributed by atoms with Gasteiger partial charge in [-0.25, -0.2) is 0 Å². The van der Waals surface area contributed by atoms with Gasteiger partial charge in [-0.2, -0.15) is 0 Å². The Labute approximate surface area is 359 Å². The predicted molar refractivity (Wildman–Crippen MR) is 247 cm³/mol. The van der Waals surface area contributed by atoms with Gasteiger partial charge < -0.3 is 14.2 Å². The molecule has 0 fully saturated rings. The van der Waals surface area contributed by atoms with E-state index in [9.17, 15) is 14.4 Å². The van der Waals surface area contributed by atoms with Gasteiger partial charge >= 0.3 is 17.9 Å². The average Bonchev–Trinajstić information content (AvgIpc) is 3.22. The van der Waals surface area contributed by atoms with Crippen LogP contribution in [0.15, 0.2) is 36.5 Å². The van der Waals surface area contributed by atoms with Crippen molar-refractivity contribution in [1.29, 1.82) is 0 Å². The Balaban J connectivity index is 4.28. The van der Waals surface area contributed by atoms with Gasteiger partial charge in [-0.1, -0.05) is 237 Å². The molecule has 0 amide bonds. The molecule has 0 aromatic heterocycles. The molecular formula is C52H94O6. The Hall–Kier alpha value is -2.37. The van der Waals surface area contributed by atoms with Gasteiger partial charge in [0.1, 0.15) is 13.2 Å². The molecule has 0 aliphatic heterocycles. The Kier molecular flexibility index (Phi) is 45.4. The lowest BCUT2D eigenvalue weighted by molar-refractivity contribution is -0.167. The predicted octanol–water partition coefficient (Wildman–Crippen LogP) is 16.1. The van der Waals surface area contributed by atoms with Crippen LogP contribution in [0.2, 0.25) is 0 Å². The number of esters is 3. The minimum absolute atomic E-state index is 0.0769. The minimum Gasteiger partial charge on any atom is -0.462 e. The van der Waals surface area contributed by atoms with Crippen LogP contribution in [0.1, 0.15) is 258 Å². The van der Waals surface area contributed by atoms with Crippen molar-refractivity contribution in [3.8, 4) is 0 Å². The summed E-state index contributed by atoms with van der Waals surface area (Å²) in [7, 11) is 0. The van der Waals surface area contributed by atoms with E-state index < -0.39 is 6.10 Å². The molecule has 0 spiro atoms. The molecule has 6 nitrogen and oxygen atoms in total. The molecule has 0 aromatic carbocycles. The fourth-order valence-electron chi connectivity index (χ4n) is 7.21. The van der Waals surface area contributed by atoms with Crippen molar-refractivity contribution < 1.29 is 28.6 Å². The fourth-order valence-corrected chi connectivity index (χ4v) is 7.21.